The zero-order chi connectivity index (χ0) is 21.6. The van der Waals surface area contributed by atoms with Crippen molar-refractivity contribution in [2.45, 2.75) is 46.6 Å². The van der Waals surface area contributed by atoms with Crippen LogP contribution in [0, 0.1) is 19.8 Å². The Morgan fingerprint density at radius 3 is 2.52 bits per heavy atom. The van der Waals surface area contributed by atoms with Crippen LogP contribution in [-0.2, 0) is 19.1 Å². The number of likely N-dealkylation sites (N-methyl/N-ethyl adjacent to an activating group) is 1. The van der Waals surface area contributed by atoms with Crippen molar-refractivity contribution in [1.29, 1.82) is 0 Å². The molecule has 1 unspecified atom stereocenters. The third kappa shape index (κ3) is 6.03. The summed E-state index contributed by atoms with van der Waals surface area (Å²) >= 11 is 0. The number of carbonyl (C=O) groups is 3. The van der Waals surface area contributed by atoms with Gasteiger partial charge in [0, 0.05) is 18.8 Å². The van der Waals surface area contributed by atoms with Gasteiger partial charge in [-0.25, -0.2) is 0 Å². The van der Waals surface area contributed by atoms with Crippen molar-refractivity contribution in [3.05, 3.63) is 29.3 Å². The molecular formula is C22H34N3O4+. The number of ether oxygens (including phenoxy) is 1. The fourth-order valence-electron chi connectivity index (χ4n) is 3.57. The van der Waals surface area contributed by atoms with Gasteiger partial charge in [-0.05, 0) is 57.7 Å². The molecule has 1 aromatic rings. The number of amides is 2. The number of likely N-dealkylation sites (tertiary alicyclic amines) is 1. The minimum atomic E-state index is -0.335. The first-order valence-electron chi connectivity index (χ1n) is 10.4. The molecule has 1 aromatic carbocycles. The maximum absolute atomic E-state index is 12.8. The molecule has 1 saturated heterocycles. The lowest BCUT2D eigenvalue weighted by atomic mass is 9.96. The molecule has 0 saturated carbocycles. The number of nitrogens with zero attached hydrogens (tertiary/aromatic N) is 1. The number of esters is 1. The summed E-state index contributed by atoms with van der Waals surface area (Å²) in [6.45, 7) is 9.32. The van der Waals surface area contributed by atoms with Gasteiger partial charge in [-0.1, -0.05) is 12.1 Å². The molecule has 160 valence electrons. The van der Waals surface area contributed by atoms with E-state index in [-0.39, 0.29) is 36.3 Å². The highest BCUT2D eigenvalue weighted by molar-refractivity contribution is 5.92. The van der Waals surface area contributed by atoms with Gasteiger partial charge in [-0.3, -0.25) is 14.4 Å². The Bertz CT molecular complexity index is 742. The summed E-state index contributed by atoms with van der Waals surface area (Å²) in [5.41, 5.74) is 2.98. The molecule has 0 bridgehead atoms. The third-order valence-corrected chi connectivity index (χ3v) is 5.85. The topological polar surface area (TPSA) is 80.2 Å². The second kappa shape index (κ2) is 10.4. The fraction of sp³-hybridized carbons (Fsp3) is 0.591. The molecular weight excluding hydrogens is 370 g/mol. The second-order valence-corrected chi connectivity index (χ2v) is 7.89. The number of carbonyl (C=O) groups excluding carboxylic acids is 3. The molecule has 1 heterocycles. The van der Waals surface area contributed by atoms with Gasteiger partial charge in [0.2, 0.25) is 0 Å². The predicted molar refractivity (Wildman–Crippen MR) is 112 cm³/mol. The van der Waals surface area contributed by atoms with E-state index in [0.717, 1.165) is 21.7 Å². The quantitative estimate of drug-likeness (QED) is 0.663. The Labute approximate surface area is 173 Å². The Morgan fingerprint density at radius 1 is 1.24 bits per heavy atom. The number of piperidine rings is 1. The van der Waals surface area contributed by atoms with Gasteiger partial charge in [-0.2, -0.15) is 0 Å². The molecule has 1 aliphatic rings. The predicted octanol–water partition coefficient (Wildman–Crippen LogP) is 0.947. The van der Waals surface area contributed by atoms with Crippen LogP contribution in [0.1, 0.15) is 37.8 Å². The number of hydrogen-bond acceptors (Lipinski definition) is 4. The number of benzene rings is 1. The summed E-state index contributed by atoms with van der Waals surface area (Å²) in [4.78, 5) is 39.8. The first-order valence-corrected chi connectivity index (χ1v) is 10.4. The van der Waals surface area contributed by atoms with Crippen LogP contribution in [0.15, 0.2) is 18.2 Å². The smallest absolute Gasteiger partial charge is 0.309 e. The van der Waals surface area contributed by atoms with Crippen LogP contribution in [0.25, 0.3) is 0 Å². The number of quaternary nitrogens is 1. The molecule has 2 amide bonds. The molecule has 2 N–H and O–H groups in total. The van der Waals surface area contributed by atoms with Crippen molar-refractivity contribution in [3.63, 3.8) is 0 Å². The first kappa shape index (κ1) is 22.9. The highest BCUT2D eigenvalue weighted by atomic mass is 16.5. The van der Waals surface area contributed by atoms with Crippen LogP contribution >= 0.6 is 0 Å². The molecule has 1 aliphatic heterocycles. The average molecular weight is 405 g/mol. The van der Waals surface area contributed by atoms with E-state index in [1.54, 1.807) is 11.8 Å². The minimum Gasteiger partial charge on any atom is -0.466 e. The van der Waals surface area contributed by atoms with Crippen molar-refractivity contribution in [3.8, 4) is 0 Å². The lowest BCUT2D eigenvalue weighted by Crippen LogP contribution is -3.15. The maximum Gasteiger partial charge on any atom is 0.309 e. The normalized spacial score (nSPS) is 16.8. The van der Waals surface area contributed by atoms with Crippen LogP contribution in [0.4, 0.5) is 5.69 Å². The van der Waals surface area contributed by atoms with Crippen molar-refractivity contribution in [2.24, 2.45) is 5.92 Å². The SMILES string of the molecule is CCOC(=O)C1CCN(C(=O)[C@@H](C)[NH+](C)CC(=O)Nc2cccc(C)c2C)CC1. The summed E-state index contributed by atoms with van der Waals surface area (Å²) in [6.07, 6.45) is 1.26. The molecule has 0 spiro atoms. The summed E-state index contributed by atoms with van der Waals surface area (Å²) in [5, 5.41) is 2.95. The Hall–Kier alpha value is -2.41. The standard InChI is InChI=1S/C22H33N3O4/c1-6-29-22(28)18-10-12-25(13-11-18)21(27)17(4)24(5)14-20(26)23-19-9-7-8-15(2)16(19)3/h7-9,17-18H,6,10-14H2,1-5H3,(H,23,26)/p+1/t17-/m1/s1. The number of nitrogens with one attached hydrogen (secondary N) is 2. The zero-order valence-electron chi connectivity index (χ0n) is 18.2. The molecule has 0 aliphatic carbocycles. The van der Waals surface area contributed by atoms with E-state index in [4.69, 9.17) is 4.74 Å². The van der Waals surface area contributed by atoms with Gasteiger partial charge < -0.3 is 19.9 Å². The first-order chi connectivity index (χ1) is 13.7. The molecule has 7 heteroatoms. The van der Waals surface area contributed by atoms with Crippen molar-refractivity contribution < 1.29 is 24.0 Å². The van der Waals surface area contributed by atoms with E-state index in [1.807, 2.05) is 46.0 Å². The van der Waals surface area contributed by atoms with E-state index in [1.165, 1.54) is 0 Å². The number of hydrogen-bond donors (Lipinski definition) is 2. The fourth-order valence-corrected chi connectivity index (χ4v) is 3.57. The summed E-state index contributed by atoms with van der Waals surface area (Å²) in [5.74, 6) is -0.387. The van der Waals surface area contributed by atoms with E-state index >= 15 is 0 Å². The molecule has 1 fully saturated rings. The van der Waals surface area contributed by atoms with Crippen LogP contribution in [0.3, 0.4) is 0 Å². The third-order valence-electron chi connectivity index (χ3n) is 5.85. The van der Waals surface area contributed by atoms with Crippen LogP contribution in [0.2, 0.25) is 0 Å². The summed E-state index contributed by atoms with van der Waals surface area (Å²) in [6, 6.07) is 5.48. The summed E-state index contributed by atoms with van der Waals surface area (Å²) in [7, 11) is 1.86. The van der Waals surface area contributed by atoms with Gasteiger partial charge in [0.05, 0.1) is 19.6 Å². The van der Waals surface area contributed by atoms with Crippen LogP contribution in [0.5, 0.6) is 0 Å². The molecule has 29 heavy (non-hydrogen) atoms. The van der Waals surface area contributed by atoms with E-state index < -0.39 is 0 Å². The number of rotatable bonds is 7. The molecule has 7 nitrogen and oxygen atoms in total. The van der Waals surface area contributed by atoms with Gasteiger partial charge in [0.1, 0.15) is 0 Å². The van der Waals surface area contributed by atoms with E-state index in [9.17, 15) is 14.4 Å². The lowest BCUT2D eigenvalue weighted by Gasteiger charge is -2.33. The van der Waals surface area contributed by atoms with Crippen molar-refractivity contribution in [2.75, 3.05) is 38.6 Å². The lowest BCUT2D eigenvalue weighted by molar-refractivity contribution is -0.886. The number of aryl methyl sites for hydroxylation is 1. The van der Waals surface area contributed by atoms with Crippen molar-refractivity contribution >= 4 is 23.5 Å². The molecule has 0 aromatic heterocycles. The van der Waals surface area contributed by atoms with Gasteiger partial charge in [0.15, 0.2) is 12.6 Å². The number of anilines is 1. The van der Waals surface area contributed by atoms with Gasteiger partial charge >= 0.3 is 5.97 Å². The van der Waals surface area contributed by atoms with E-state index in [0.29, 0.717) is 32.5 Å². The molecule has 2 rings (SSSR count). The highest BCUT2D eigenvalue weighted by Crippen LogP contribution is 2.19. The van der Waals surface area contributed by atoms with Crippen molar-refractivity contribution in [1.82, 2.24) is 4.90 Å². The zero-order valence-corrected chi connectivity index (χ0v) is 18.2. The monoisotopic (exact) mass is 404 g/mol. The molecule has 0 radical (unpaired) electrons. The van der Waals surface area contributed by atoms with Crippen LogP contribution in [-0.4, -0.2) is 62.0 Å². The van der Waals surface area contributed by atoms with E-state index in [2.05, 4.69) is 5.32 Å². The van der Waals surface area contributed by atoms with Gasteiger partial charge in [-0.15, -0.1) is 0 Å². The Morgan fingerprint density at radius 2 is 1.90 bits per heavy atom. The Kier molecular flexibility index (Phi) is 8.20. The van der Waals surface area contributed by atoms with Crippen LogP contribution < -0.4 is 10.2 Å². The summed E-state index contributed by atoms with van der Waals surface area (Å²) < 4.78 is 5.08. The largest absolute Gasteiger partial charge is 0.466 e. The minimum absolute atomic E-state index is 0.0179. The average Bonchev–Trinajstić information content (AvgIpc) is 2.70. The Balaban J connectivity index is 1.85. The van der Waals surface area contributed by atoms with Gasteiger partial charge in [0.25, 0.3) is 11.8 Å². The highest BCUT2D eigenvalue weighted by Gasteiger charge is 2.33. The molecule has 2 atom stereocenters. The maximum atomic E-state index is 12.8. The second-order valence-electron chi connectivity index (χ2n) is 7.89.